The molecule has 0 atom stereocenters. The average Bonchev–Trinajstić information content (AvgIpc) is 2.59. The Morgan fingerprint density at radius 1 is 1.31 bits per heavy atom. The number of hydrogen-bond acceptors (Lipinski definition) is 2. The van der Waals surface area contributed by atoms with E-state index in [1.54, 1.807) is 6.92 Å². The van der Waals surface area contributed by atoms with E-state index in [0.29, 0.717) is 5.69 Å². The van der Waals surface area contributed by atoms with E-state index in [-0.39, 0.29) is 5.78 Å². The summed E-state index contributed by atoms with van der Waals surface area (Å²) < 4.78 is 0. The zero-order valence-electron chi connectivity index (χ0n) is 9.87. The molecule has 0 spiro atoms. The highest BCUT2D eigenvalue weighted by molar-refractivity contribution is 5.98. The van der Waals surface area contributed by atoms with Crippen molar-refractivity contribution in [2.45, 2.75) is 13.5 Å². The standard InChI is InChI=1S/C13H16N2O/c1-9(16)13-7-11-6-10(8-15(2)3)4-5-12(11)14-13/h4-7,14H,8H2,1-3H3. The minimum absolute atomic E-state index is 0.0744. The molecule has 0 fully saturated rings. The SMILES string of the molecule is CC(=O)c1cc2cc(CN(C)C)ccc2[nH]1. The van der Waals surface area contributed by atoms with Gasteiger partial charge in [-0.05, 0) is 37.9 Å². The fourth-order valence-electron chi connectivity index (χ4n) is 1.84. The van der Waals surface area contributed by atoms with E-state index in [0.717, 1.165) is 17.4 Å². The molecule has 16 heavy (non-hydrogen) atoms. The van der Waals surface area contributed by atoms with Crippen LogP contribution in [0.15, 0.2) is 24.3 Å². The van der Waals surface area contributed by atoms with Crippen LogP contribution < -0.4 is 0 Å². The molecule has 0 aliphatic heterocycles. The molecule has 0 aliphatic rings. The monoisotopic (exact) mass is 216 g/mol. The van der Waals surface area contributed by atoms with E-state index in [9.17, 15) is 4.79 Å². The summed E-state index contributed by atoms with van der Waals surface area (Å²) in [5.74, 6) is 0.0744. The van der Waals surface area contributed by atoms with E-state index in [1.165, 1.54) is 5.56 Å². The van der Waals surface area contributed by atoms with Gasteiger partial charge in [0.05, 0.1) is 5.69 Å². The van der Waals surface area contributed by atoms with Gasteiger partial charge < -0.3 is 9.88 Å². The lowest BCUT2D eigenvalue weighted by Gasteiger charge is -2.09. The molecule has 0 radical (unpaired) electrons. The molecule has 2 rings (SSSR count). The van der Waals surface area contributed by atoms with Crippen molar-refractivity contribution in [3.63, 3.8) is 0 Å². The smallest absolute Gasteiger partial charge is 0.175 e. The molecule has 1 heterocycles. The van der Waals surface area contributed by atoms with Crippen LogP contribution in [0, 0.1) is 0 Å². The van der Waals surface area contributed by atoms with E-state index < -0.39 is 0 Å². The number of benzene rings is 1. The lowest BCUT2D eigenvalue weighted by Crippen LogP contribution is -2.10. The summed E-state index contributed by atoms with van der Waals surface area (Å²) in [6.45, 7) is 2.49. The van der Waals surface area contributed by atoms with Crippen molar-refractivity contribution in [3.05, 3.63) is 35.5 Å². The zero-order valence-corrected chi connectivity index (χ0v) is 9.87. The third kappa shape index (κ3) is 2.14. The minimum atomic E-state index is 0.0744. The Bertz CT molecular complexity index is 526. The largest absolute Gasteiger partial charge is 0.352 e. The van der Waals surface area contributed by atoms with Crippen LogP contribution >= 0.6 is 0 Å². The van der Waals surface area contributed by atoms with Crippen molar-refractivity contribution in [3.8, 4) is 0 Å². The van der Waals surface area contributed by atoms with E-state index in [2.05, 4.69) is 22.0 Å². The van der Waals surface area contributed by atoms with Gasteiger partial charge in [0, 0.05) is 24.4 Å². The maximum absolute atomic E-state index is 11.2. The molecule has 1 N–H and O–H groups in total. The number of carbonyl (C=O) groups excluding carboxylic acids is 1. The summed E-state index contributed by atoms with van der Waals surface area (Å²) >= 11 is 0. The van der Waals surface area contributed by atoms with Gasteiger partial charge in [-0.3, -0.25) is 4.79 Å². The number of ketones is 1. The number of rotatable bonds is 3. The lowest BCUT2D eigenvalue weighted by molar-refractivity contribution is 0.101. The first-order valence-corrected chi connectivity index (χ1v) is 5.33. The number of aromatic nitrogens is 1. The van der Waals surface area contributed by atoms with Gasteiger partial charge in [-0.15, -0.1) is 0 Å². The predicted octanol–water partition coefficient (Wildman–Crippen LogP) is 2.43. The molecule has 0 saturated heterocycles. The predicted molar refractivity (Wildman–Crippen MR) is 65.7 cm³/mol. The molecule has 84 valence electrons. The van der Waals surface area contributed by atoms with Crippen molar-refractivity contribution in [2.24, 2.45) is 0 Å². The van der Waals surface area contributed by atoms with Gasteiger partial charge in [0.15, 0.2) is 5.78 Å². The molecule has 3 heteroatoms. The first kappa shape index (κ1) is 10.9. The molecule has 2 aromatic rings. The Balaban J connectivity index is 2.41. The first-order chi connectivity index (χ1) is 7.56. The molecule has 0 saturated carbocycles. The summed E-state index contributed by atoms with van der Waals surface area (Å²) in [5, 5.41) is 1.10. The maximum atomic E-state index is 11.2. The summed E-state index contributed by atoms with van der Waals surface area (Å²) in [5.41, 5.74) is 2.95. The van der Waals surface area contributed by atoms with Crippen LogP contribution in [0.2, 0.25) is 0 Å². The normalized spacial score (nSPS) is 11.2. The molecular formula is C13H16N2O. The Morgan fingerprint density at radius 3 is 2.69 bits per heavy atom. The number of Topliss-reactive ketones (excluding diaryl/α,β-unsaturated/α-hetero) is 1. The van der Waals surface area contributed by atoms with Crippen LogP contribution in [0.1, 0.15) is 23.0 Å². The number of hydrogen-bond donors (Lipinski definition) is 1. The van der Waals surface area contributed by atoms with Gasteiger partial charge in [-0.25, -0.2) is 0 Å². The van der Waals surface area contributed by atoms with E-state index in [1.807, 2.05) is 26.2 Å². The van der Waals surface area contributed by atoms with Gasteiger partial charge in [0.1, 0.15) is 0 Å². The second-order valence-electron chi connectivity index (χ2n) is 4.40. The number of H-pyrrole nitrogens is 1. The number of carbonyl (C=O) groups is 1. The summed E-state index contributed by atoms with van der Waals surface area (Å²) in [6, 6.07) is 8.15. The Kier molecular flexibility index (Phi) is 2.79. The number of aromatic amines is 1. The Morgan fingerprint density at radius 2 is 2.06 bits per heavy atom. The van der Waals surface area contributed by atoms with Gasteiger partial charge in [0.2, 0.25) is 0 Å². The van der Waals surface area contributed by atoms with Gasteiger partial charge in [0.25, 0.3) is 0 Å². The molecule has 0 unspecified atom stereocenters. The van der Waals surface area contributed by atoms with Crippen molar-refractivity contribution < 1.29 is 4.79 Å². The third-order valence-corrected chi connectivity index (χ3v) is 2.56. The Hall–Kier alpha value is -1.61. The highest BCUT2D eigenvalue weighted by Crippen LogP contribution is 2.18. The summed E-state index contributed by atoms with van der Waals surface area (Å²) in [6.07, 6.45) is 0. The van der Waals surface area contributed by atoms with Crippen molar-refractivity contribution >= 4 is 16.7 Å². The second-order valence-corrected chi connectivity index (χ2v) is 4.40. The van der Waals surface area contributed by atoms with Crippen LogP contribution in [0.5, 0.6) is 0 Å². The molecule has 3 nitrogen and oxygen atoms in total. The lowest BCUT2D eigenvalue weighted by atomic mass is 10.1. The molecule has 0 bridgehead atoms. The fourth-order valence-corrected chi connectivity index (χ4v) is 1.84. The molecule has 1 aromatic carbocycles. The second kappa shape index (κ2) is 4.10. The van der Waals surface area contributed by atoms with Gasteiger partial charge in [-0.1, -0.05) is 6.07 Å². The van der Waals surface area contributed by atoms with Crippen LogP contribution in [-0.2, 0) is 6.54 Å². The maximum Gasteiger partial charge on any atom is 0.175 e. The fraction of sp³-hybridized carbons (Fsp3) is 0.308. The van der Waals surface area contributed by atoms with Gasteiger partial charge >= 0.3 is 0 Å². The quantitative estimate of drug-likeness (QED) is 0.800. The van der Waals surface area contributed by atoms with Gasteiger partial charge in [-0.2, -0.15) is 0 Å². The van der Waals surface area contributed by atoms with Crippen molar-refractivity contribution in [2.75, 3.05) is 14.1 Å². The molecule has 0 amide bonds. The van der Waals surface area contributed by atoms with Crippen LogP contribution in [0.3, 0.4) is 0 Å². The number of nitrogens with zero attached hydrogens (tertiary/aromatic N) is 1. The van der Waals surface area contributed by atoms with Crippen LogP contribution in [0.4, 0.5) is 0 Å². The van der Waals surface area contributed by atoms with E-state index in [4.69, 9.17) is 0 Å². The number of nitrogens with one attached hydrogen (secondary N) is 1. The van der Waals surface area contributed by atoms with Crippen molar-refractivity contribution in [1.82, 2.24) is 9.88 Å². The number of fused-ring (bicyclic) bond motifs is 1. The molecular weight excluding hydrogens is 200 g/mol. The minimum Gasteiger partial charge on any atom is -0.352 e. The molecule has 1 aromatic heterocycles. The molecule has 0 aliphatic carbocycles. The highest BCUT2D eigenvalue weighted by Gasteiger charge is 2.05. The van der Waals surface area contributed by atoms with Crippen LogP contribution in [-0.4, -0.2) is 29.8 Å². The van der Waals surface area contributed by atoms with Crippen molar-refractivity contribution in [1.29, 1.82) is 0 Å². The Labute approximate surface area is 95.1 Å². The highest BCUT2D eigenvalue weighted by atomic mass is 16.1. The summed E-state index contributed by atoms with van der Waals surface area (Å²) in [7, 11) is 4.09. The topological polar surface area (TPSA) is 36.1 Å². The third-order valence-electron chi connectivity index (χ3n) is 2.56. The van der Waals surface area contributed by atoms with Crippen LogP contribution in [0.25, 0.3) is 10.9 Å². The zero-order chi connectivity index (χ0) is 11.7. The summed E-state index contributed by atoms with van der Waals surface area (Å²) in [4.78, 5) is 16.5. The first-order valence-electron chi connectivity index (χ1n) is 5.33. The average molecular weight is 216 g/mol. The van der Waals surface area contributed by atoms with E-state index >= 15 is 0 Å².